The van der Waals surface area contributed by atoms with Gasteiger partial charge in [-0.3, -0.25) is 14.0 Å². The summed E-state index contributed by atoms with van der Waals surface area (Å²) in [4.78, 5) is 29.5. The number of hydrogen-bond donors (Lipinski definition) is 3. The van der Waals surface area contributed by atoms with Crippen molar-refractivity contribution in [2.45, 2.75) is 39.7 Å². The van der Waals surface area contributed by atoms with Gasteiger partial charge in [-0.25, -0.2) is 9.37 Å². The Balaban J connectivity index is 1.72. The summed E-state index contributed by atoms with van der Waals surface area (Å²) in [5.41, 5.74) is 5.24. The number of halogens is 1. The van der Waals surface area contributed by atoms with Gasteiger partial charge in [0, 0.05) is 11.9 Å². The molecule has 3 N–H and O–H groups in total. The molecule has 0 aliphatic rings. The molecule has 4 rings (SSSR count). The summed E-state index contributed by atoms with van der Waals surface area (Å²) in [7, 11) is 0. The summed E-state index contributed by atoms with van der Waals surface area (Å²) < 4.78 is 15.2. The SMILES string of the molecule is CCc1nc2c(C(=O)NC(CC(=O)O)c3ccc(F)cc3)cccn2c1Nc1c(C)cccc1C. The van der Waals surface area contributed by atoms with Crippen molar-refractivity contribution in [2.24, 2.45) is 0 Å². The molecule has 0 fully saturated rings. The van der Waals surface area contributed by atoms with E-state index < -0.39 is 23.7 Å². The Morgan fingerprint density at radius 3 is 2.37 bits per heavy atom. The van der Waals surface area contributed by atoms with Crippen LogP contribution in [0.4, 0.5) is 15.9 Å². The first-order valence-electron chi connectivity index (χ1n) is 11.4. The summed E-state index contributed by atoms with van der Waals surface area (Å²) in [6, 6.07) is 14.1. The molecule has 0 aliphatic carbocycles. The van der Waals surface area contributed by atoms with E-state index in [0.717, 1.165) is 28.3 Å². The number of fused-ring (bicyclic) bond motifs is 1. The lowest BCUT2D eigenvalue weighted by Crippen LogP contribution is -2.30. The molecule has 2 heterocycles. The lowest BCUT2D eigenvalue weighted by molar-refractivity contribution is -0.137. The molecule has 0 saturated carbocycles. The number of pyridine rings is 1. The zero-order valence-electron chi connectivity index (χ0n) is 19.8. The molecule has 0 radical (unpaired) electrons. The van der Waals surface area contributed by atoms with Crippen LogP contribution in [-0.2, 0) is 11.2 Å². The number of nitrogens with zero attached hydrogens (tertiary/aromatic N) is 2. The Morgan fingerprint density at radius 2 is 1.74 bits per heavy atom. The van der Waals surface area contributed by atoms with Crippen molar-refractivity contribution in [1.29, 1.82) is 0 Å². The standard InChI is InChI=1S/C27H27FN4O3/c1-4-21-26(31-24-16(2)7-5-8-17(24)3)32-14-6-9-20(25(32)29-21)27(35)30-22(15-23(33)34)18-10-12-19(28)13-11-18/h5-14,22,31H,4,15H2,1-3H3,(H,30,35)(H,33,34). The number of aromatic nitrogens is 2. The van der Waals surface area contributed by atoms with Crippen molar-refractivity contribution >= 4 is 29.0 Å². The summed E-state index contributed by atoms with van der Waals surface area (Å²) in [6.07, 6.45) is 2.14. The molecule has 0 saturated heterocycles. The summed E-state index contributed by atoms with van der Waals surface area (Å²) in [6.45, 7) is 6.05. The summed E-state index contributed by atoms with van der Waals surface area (Å²) in [5.74, 6) is -1.20. The fraction of sp³-hybridized carbons (Fsp3) is 0.222. The molecule has 0 bridgehead atoms. The highest BCUT2D eigenvalue weighted by Gasteiger charge is 2.23. The van der Waals surface area contributed by atoms with Crippen molar-refractivity contribution in [3.8, 4) is 0 Å². The molecule has 0 spiro atoms. The van der Waals surface area contributed by atoms with Gasteiger partial charge in [-0.1, -0.05) is 37.3 Å². The number of rotatable bonds is 8. The van der Waals surface area contributed by atoms with E-state index in [1.54, 1.807) is 12.1 Å². The van der Waals surface area contributed by atoms with Gasteiger partial charge in [0.25, 0.3) is 5.91 Å². The number of para-hydroxylation sites is 1. The van der Waals surface area contributed by atoms with Gasteiger partial charge in [0.2, 0.25) is 0 Å². The van der Waals surface area contributed by atoms with E-state index >= 15 is 0 Å². The Hall–Kier alpha value is -4.20. The smallest absolute Gasteiger partial charge is 0.305 e. The van der Waals surface area contributed by atoms with Crippen LogP contribution in [0.5, 0.6) is 0 Å². The van der Waals surface area contributed by atoms with Crippen molar-refractivity contribution in [3.05, 3.63) is 94.6 Å². The number of carbonyl (C=O) groups is 2. The molecule has 0 aliphatic heterocycles. The average molecular weight is 475 g/mol. The Bertz CT molecular complexity index is 1380. The lowest BCUT2D eigenvalue weighted by atomic mass is 10.0. The lowest BCUT2D eigenvalue weighted by Gasteiger charge is -2.18. The van der Waals surface area contributed by atoms with Gasteiger partial charge in [0.15, 0.2) is 5.65 Å². The predicted octanol–water partition coefficient (Wildman–Crippen LogP) is 5.34. The van der Waals surface area contributed by atoms with E-state index in [1.165, 1.54) is 24.3 Å². The minimum absolute atomic E-state index is 0.314. The third-order valence-electron chi connectivity index (χ3n) is 5.98. The van der Waals surface area contributed by atoms with E-state index in [9.17, 15) is 19.1 Å². The quantitative estimate of drug-likeness (QED) is 0.320. The molecule has 2 aromatic carbocycles. The topological polar surface area (TPSA) is 95.7 Å². The molecular weight excluding hydrogens is 447 g/mol. The van der Waals surface area contributed by atoms with Gasteiger partial charge in [-0.05, 0) is 61.2 Å². The first-order valence-corrected chi connectivity index (χ1v) is 11.4. The number of amides is 1. The number of hydrogen-bond acceptors (Lipinski definition) is 4. The molecule has 8 heteroatoms. The highest BCUT2D eigenvalue weighted by Crippen LogP contribution is 2.29. The number of benzene rings is 2. The molecule has 35 heavy (non-hydrogen) atoms. The zero-order valence-corrected chi connectivity index (χ0v) is 19.8. The molecule has 1 amide bonds. The second kappa shape index (κ2) is 9.97. The number of carboxylic acid groups (broad SMARTS) is 1. The maximum absolute atomic E-state index is 13.4. The maximum atomic E-state index is 13.4. The first kappa shape index (κ1) is 23.9. The Kier molecular flexibility index (Phi) is 6.82. The maximum Gasteiger partial charge on any atom is 0.305 e. The number of aryl methyl sites for hydroxylation is 3. The Morgan fingerprint density at radius 1 is 1.06 bits per heavy atom. The van der Waals surface area contributed by atoms with Gasteiger partial charge in [-0.15, -0.1) is 0 Å². The van der Waals surface area contributed by atoms with Crippen LogP contribution in [-0.4, -0.2) is 26.4 Å². The van der Waals surface area contributed by atoms with E-state index in [2.05, 4.69) is 10.6 Å². The predicted molar refractivity (Wildman–Crippen MR) is 133 cm³/mol. The first-order chi connectivity index (χ1) is 16.8. The molecule has 7 nitrogen and oxygen atoms in total. The fourth-order valence-corrected chi connectivity index (χ4v) is 4.16. The largest absolute Gasteiger partial charge is 0.481 e. The van der Waals surface area contributed by atoms with Crippen molar-refractivity contribution in [2.75, 3.05) is 5.32 Å². The minimum atomic E-state index is -1.08. The van der Waals surface area contributed by atoms with E-state index in [1.807, 2.05) is 49.6 Å². The van der Waals surface area contributed by atoms with Crippen LogP contribution in [0.2, 0.25) is 0 Å². The zero-order chi connectivity index (χ0) is 25.1. The van der Waals surface area contributed by atoms with Gasteiger partial charge in [0.05, 0.1) is 23.7 Å². The van der Waals surface area contributed by atoms with Gasteiger partial charge in [-0.2, -0.15) is 0 Å². The molecule has 180 valence electrons. The molecule has 2 aromatic heterocycles. The molecule has 1 unspecified atom stereocenters. The second-order valence-corrected chi connectivity index (χ2v) is 8.44. The number of nitrogens with one attached hydrogen (secondary N) is 2. The normalized spacial score (nSPS) is 11.9. The molecule has 4 aromatic rings. The van der Waals surface area contributed by atoms with E-state index in [4.69, 9.17) is 4.98 Å². The number of aliphatic carboxylic acids is 1. The highest BCUT2D eigenvalue weighted by molar-refractivity contribution is 6.00. The van der Waals surface area contributed by atoms with Crippen LogP contribution in [0.15, 0.2) is 60.8 Å². The van der Waals surface area contributed by atoms with E-state index in [0.29, 0.717) is 23.2 Å². The van der Waals surface area contributed by atoms with Crippen molar-refractivity contribution < 1.29 is 19.1 Å². The second-order valence-electron chi connectivity index (χ2n) is 8.44. The van der Waals surface area contributed by atoms with Crippen LogP contribution >= 0.6 is 0 Å². The van der Waals surface area contributed by atoms with Crippen LogP contribution in [0.25, 0.3) is 5.65 Å². The number of carbonyl (C=O) groups excluding carboxylic acids is 1. The van der Waals surface area contributed by atoms with Gasteiger partial charge < -0.3 is 15.7 Å². The van der Waals surface area contributed by atoms with E-state index in [-0.39, 0.29) is 6.42 Å². The fourth-order valence-electron chi connectivity index (χ4n) is 4.16. The number of anilines is 2. The minimum Gasteiger partial charge on any atom is -0.481 e. The summed E-state index contributed by atoms with van der Waals surface area (Å²) >= 11 is 0. The van der Waals surface area contributed by atoms with Crippen LogP contribution in [0, 0.1) is 19.7 Å². The Labute approximate surface area is 202 Å². The van der Waals surface area contributed by atoms with Crippen molar-refractivity contribution in [3.63, 3.8) is 0 Å². The molecular formula is C27H27FN4O3. The highest BCUT2D eigenvalue weighted by atomic mass is 19.1. The van der Waals surface area contributed by atoms with Crippen LogP contribution < -0.4 is 10.6 Å². The van der Waals surface area contributed by atoms with Crippen LogP contribution in [0.1, 0.15) is 52.1 Å². The third-order valence-corrected chi connectivity index (χ3v) is 5.98. The summed E-state index contributed by atoms with van der Waals surface area (Å²) in [5, 5.41) is 15.7. The van der Waals surface area contributed by atoms with Crippen LogP contribution in [0.3, 0.4) is 0 Å². The van der Waals surface area contributed by atoms with Gasteiger partial charge >= 0.3 is 5.97 Å². The average Bonchev–Trinajstić information content (AvgIpc) is 3.18. The third kappa shape index (κ3) is 5.01. The monoisotopic (exact) mass is 474 g/mol. The van der Waals surface area contributed by atoms with Gasteiger partial charge in [0.1, 0.15) is 11.6 Å². The number of carboxylic acids is 1. The number of imidazole rings is 1. The molecule has 1 atom stereocenters. The van der Waals surface area contributed by atoms with Crippen molar-refractivity contribution in [1.82, 2.24) is 14.7 Å².